The number of dihydropyridines is 1. The van der Waals surface area contributed by atoms with Gasteiger partial charge in [-0.3, -0.25) is 0 Å². The SMILES string of the molecule is COc1ccccc1COc1ccc(C2C(C#N)=C(C)NC(C)=C2C#N)cc1. The summed E-state index contributed by atoms with van der Waals surface area (Å²) in [7, 11) is 1.64. The average molecular weight is 371 g/mol. The van der Waals surface area contributed by atoms with Gasteiger partial charge in [-0.1, -0.05) is 30.3 Å². The summed E-state index contributed by atoms with van der Waals surface area (Å²) < 4.78 is 11.2. The molecule has 3 rings (SSSR count). The predicted octanol–water partition coefficient (Wildman–Crippen LogP) is 4.56. The van der Waals surface area contributed by atoms with Crippen molar-refractivity contribution in [3.63, 3.8) is 0 Å². The van der Waals surface area contributed by atoms with Crippen molar-refractivity contribution >= 4 is 0 Å². The summed E-state index contributed by atoms with van der Waals surface area (Å²) in [6.07, 6.45) is 0. The van der Waals surface area contributed by atoms with Crippen LogP contribution in [0.4, 0.5) is 0 Å². The number of methoxy groups -OCH3 is 1. The Morgan fingerprint density at radius 2 is 1.54 bits per heavy atom. The van der Waals surface area contributed by atoms with Crippen LogP contribution in [-0.4, -0.2) is 7.11 Å². The minimum absolute atomic E-state index is 0.362. The molecule has 0 saturated carbocycles. The number of nitrogens with one attached hydrogen (secondary N) is 1. The van der Waals surface area contributed by atoms with Crippen molar-refractivity contribution in [1.29, 1.82) is 10.5 Å². The van der Waals surface area contributed by atoms with Crippen LogP contribution in [0.3, 0.4) is 0 Å². The van der Waals surface area contributed by atoms with Crippen molar-refractivity contribution in [2.45, 2.75) is 26.4 Å². The van der Waals surface area contributed by atoms with Crippen LogP contribution < -0.4 is 14.8 Å². The first kappa shape index (κ1) is 19.1. The zero-order valence-electron chi connectivity index (χ0n) is 16.1. The zero-order chi connectivity index (χ0) is 20.1. The average Bonchev–Trinajstić information content (AvgIpc) is 2.72. The smallest absolute Gasteiger partial charge is 0.125 e. The summed E-state index contributed by atoms with van der Waals surface area (Å²) in [4.78, 5) is 0. The summed E-state index contributed by atoms with van der Waals surface area (Å²) in [5.74, 6) is 1.13. The minimum atomic E-state index is -0.362. The molecule has 1 N–H and O–H groups in total. The highest BCUT2D eigenvalue weighted by molar-refractivity contribution is 5.55. The van der Waals surface area contributed by atoms with Crippen LogP contribution in [0.15, 0.2) is 71.1 Å². The molecule has 2 aromatic carbocycles. The largest absolute Gasteiger partial charge is 0.496 e. The number of nitriles is 2. The Morgan fingerprint density at radius 1 is 0.929 bits per heavy atom. The van der Waals surface area contributed by atoms with Gasteiger partial charge in [0.05, 0.1) is 36.3 Å². The van der Waals surface area contributed by atoms with Gasteiger partial charge in [0.25, 0.3) is 0 Å². The fourth-order valence-electron chi connectivity index (χ4n) is 3.36. The fourth-order valence-corrected chi connectivity index (χ4v) is 3.36. The van der Waals surface area contributed by atoms with Crippen LogP contribution in [0, 0.1) is 22.7 Å². The lowest BCUT2D eigenvalue weighted by molar-refractivity contribution is 0.296. The van der Waals surface area contributed by atoms with Crippen LogP contribution >= 0.6 is 0 Å². The molecule has 28 heavy (non-hydrogen) atoms. The number of allylic oxidation sites excluding steroid dienone is 4. The van der Waals surface area contributed by atoms with E-state index in [2.05, 4.69) is 17.5 Å². The molecule has 0 aromatic heterocycles. The molecule has 0 fully saturated rings. The molecule has 1 heterocycles. The summed E-state index contributed by atoms with van der Waals surface area (Å²) in [6.45, 7) is 4.10. The van der Waals surface area contributed by atoms with Crippen LogP contribution in [0.25, 0.3) is 0 Å². The third-order valence-corrected chi connectivity index (χ3v) is 4.80. The van der Waals surface area contributed by atoms with E-state index in [-0.39, 0.29) is 5.92 Å². The normalized spacial score (nSPS) is 14.2. The van der Waals surface area contributed by atoms with Crippen molar-refractivity contribution in [3.05, 3.63) is 82.2 Å². The van der Waals surface area contributed by atoms with Crippen molar-refractivity contribution in [3.8, 4) is 23.6 Å². The highest BCUT2D eigenvalue weighted by Gasteiger charge is 2.29. The highest BCUT2D eigenvalue weighted by atomic mass is 16.5. The molecule has 0 radical (unpaired) electrons. The van der Waals surface area contributed by atoms with Crippen molar-refractivity contribution in [2.75, 3.05) is 7.11 Å². The maximum absolute atomic E-state index is 9.59. The molecule has 140 valence electrons. The molecule has 0 aliphatic carbocycles. The third kappa shape index (κ3) is 3.70. The van der Waals surface area contributed by atoms with Gasteiger partial charge in [0.2, 0.25) is 0 Å². The summed E-state index contributed by atoms with van der Waals surface area (Å²) >= 11 is 0. The number of para-hydroxylation sites is 1. The van der Waals surface area contributed by atoms with E-state index < -0.39 is 0 Å². The second-order valence-corrected chi connectivity index (χ2v) is 6.53. The molecule has 2 aromatic rings. The fraction of sp³-hybridized carbons (Fsp3) is 0.217. The zero-order valence-corrected chi connectivity index (χ0v) is 16.1. The van der Waals surface area contributed by atoms with Gasteiger partial charge in [-0.05, 0) is 37.6 Å². The first-order valence-electron chi connectivity index (χ1n) is 8.92. The lowest BCUT2D eigenvalue weighted by Gasteiger charge is -2.26. The first-order chi connectivity index (χ1) is 13.6. The molecular weight excluding hydrogens is 350 g/mol. The molecule has 0 bridgehead atoms. The molecule has 0 atom stereocenters. The van der Waals surface area contributed by atoms with Gasteiger partial charge < -0.3 is 14.8 Å². The van der Waals surface area contributed by atoms with Gasteiger partial charge in [0.1, 0.15) is 18.1 Å². The van der Waals surface area contributed by atoms with Gasteiger partial charge in [-0.15, -0.1) is 0 Å². The van der Waals surface area contributed by atoms with Gasteiger partial charge >= 0.3 is 0 Å². The van der Waals surface area contributed by atoms with E-state index in [9.17, 15) is 10.5 Å². The van der Waals surface area contributed by atoms with E-state index in [4.69, 9.17) is 9.47 Å². The monoisotopic (exact) mass is 371 g/mol. The predicted molar refractivity (Wildman–Crippen MR) is 106 cm³/mol. The van der Waals surface area contributed by atoms with E-state index in [0.717, 1.165) is 28.3 Å². The van der Waals surface area contributed by atoms with Gasteiger partial charge in [0.15, 0.2) is 0 Å². The Kier molecular flexibility index (Phi) is 5.67. The van der Waals surface area contributed by atoms with E-state index in [1.807, 2.05) is 62.4 Å². The molecule has 0 saturated heterocycles. The number of benzene rings is 2. The molecule has 0 spiro atoms. The molecule has 0 amide bonds. The standard InChI is InChI=1S/C23H21N3O2/c1-15-20(12-24)23(21(13-25)16(2)26-15)17-8-10-19(11-9-17)28-14-18-6-4-5-7-22(18)27-3/h4-11,23,26H,14H2,1-3H3. The summed E-state index contributed by atoms with van der Waals surface area (Å²) in [5.41, 5.74) is 4.52. The Bertz CT molecular complexity index is 985. The Balaban J connectivity index is 1.83. The third-order valence-electron chi connectivity index (χ3n) is 4.80. The van der Waals surface area contributed by atoms with Crippen LogP contribution in [0.5, 0.6) is 11.5 Å². The van der Waals surface area contributed by atoms with E-state index in [1.165, 1.54) is 0 Å². The number of hydrogen-bond donors (Lipinski definition) is 1. The minimum Gasteiger partial charge on any atom is -0.496 e. The topological polar surface area (TPSA) is 78.1 Å². The maximum atomic E-state index is 9.59. The van der Waals surface area contributed by atoms with E-state index in [1.54, 1.807) is 7.11 Å². The van der Waals surface area contributed by atoms with Gasteiger partial charge in [0, 0.05) is 17.0 Å². The number of hydrogen-bond acceptors (Lipinski definition) is 5. The second-order valence-electron chi connectivity index (χ2n) is 6.53. The maximum Gasteiger partial charge on any atom is 0.125 e. The molecule has 0 unspecified atom stereocenters. The van der Waals surface area contributed by atoms with Crippen LogP contribution in [0.2, 0.25) is 0 Å². The Labute approximate surface area is 165 Å². The molecule has 5 heteroatoms. The lowest BCUT2D eigenvalue weighted by Crippen LogP contribution is -2.23. The van der Waals surface area contributed by atoms with Crippen molar-refractivity contribution in [2.24, 2.45) is 0 Å². The lowest BCUT2D eigenvalue weighted by atomic mass is 9.81. The van der Waals surface area contributed by atoms with Gasteiger partial charge in [-0.2, -0.15) is 10.5 Å². The van der Waals surface area contributed by atoms with Crippen LogP contribution in [-0.2, 0) is 6.61 Å². The highest BCUT2D eigenvalue weighted by Crippen LogP contribution is 2.37. The number of ether oxygens (including phenoxy) is 2. The van der Waals surface area contributed by atoms with Crippen LogP contribution in [0.1, 0.15) is 30.9 Å². The molecular formula is C23H21N3O2. The van der Waals surface area contributed by atoms with Gasteiger partial charge in [-0.25, -0.2) is 0 Å². The Hall–Kier alpha value is -3.70. The summed E-state index contributed by atoms with van der Waals surface area (Å²) in [5, 5.41) is 22.3. The Morgan fingerprint density at radius 3 is 2.11 bits per heavy atom. The second kappa shape index (κ2) is 8.33. The van der Waals surface area contributed by atoms with Crippen molar-refractivity contribution in [1.82, 2.24) is 5.32 Å². The first-order valence-corrected chi connectivity index (χ1v) is 8.92. The van der Waals surface area contributed by atoms with Crippen molar-refractivity contribution < 1.29 is 9.47 Å². The van der Waals surface area contributed by atoms with E-state index >= 15 is 0 Å². The summed E-state index contributed by atoms with van der Waals surface area (Å²) in [6, 6.07) is 19.7. The molecule has 1 aliphatic rings. The number of nitrogens with zero attached hydrogens (tertiary/aromatic N) is 2. The number of rotatable bonds is 5. The quantitative estimate of drug-likeness (QED) is 0.834. The molecule has 5 nitrogen and oxygen atoms in total. The van der Waals surface area contributed by atoms with E-state index in [0.29, 0.717) is 23.5 Å². The molecule has 1 aliphatic heterocycles.